The average molecular weight is 300 g/mol. The van der Waals surface area contributed by atoms with Crippen molar-refractivity contribution in [2.75, 3.05) is 11.5 Å². The van der Waals surface area contributed by atoms with E-state index < -0.39 is 16.6 Å². The first-order valence-corrected chi connectivity index (χ1v) is 7.43. The standard InChI is InChI=1S/C13H17FN2O3S/c1-3-20-7-6-9(2)15-13(17)11-8-10(16(18)19)4-5-12(11)14/h4-5,8-9H,3,6-7H2,1-2H3,(H,15,17). The topological polar surface area (TPSA) is 72.2 Å². The van der Waals surface area contributed by atoms with E-state index in [1.54, 1.807) is 11.8 Å². The number of amides is 1. The van der Waals surface area contributed by atoms with Gasteiger partial charge in [-0.2, -0.15) is 11.8 Å². The van der Waals surface area contributed by atoms with Crippen LogP contribution in [0.1, 0.15) is 30.6 Å². The number of carbonyl (C=O) groups excluding carboxylic acids is 1. The molecule has 0 heterocycles. The summed E-state index contributed by atoms with van der Waals surface area (Å²) in [5.41, 5.74) is -0.597. The van der Waals surface area contributed by atoms with Crippen LogP contribution in [0.15, 0.2) is 18.2 Å². The van der Waals surface area contributed by atoms with Gasteiger partial charge in [-0.3, -0.25) is 14.9 Å². The minimum Gasteiger partial charge on any atom is -0.349 e. The highest BCUT2D eigenvalue weighted by Gasteiger charge is 2.18. The molecule has 1 rings (SSSR count). The van der Waals surface area contributed by atoms with Gasteiger partial charge in [0.25, 0.3) is 11.6 Å². The molecule has 7 heteroatoms. The Labute approximate surface area is 121 Å². The predicted molar refractivity (Wildman–Crippen MR) is 77.6 cm³/mol. The van der Waals surface area contributed by atoms with Crippen molar-refractivity contribution in [2.45, 2.75) is 26.3 Å². The van der Waals surface area contributed by atoms with Crippen molar-refractivity contribution >= 4 is 23.4 Å². The summed E-state index contributed by atoms with van der Waals surface area (Å²) in [4.78, 5) is 21.9. The fraction of sp³-hybridized carbons (Fsp3) is 0.462. The fourth-order valence-electron chi connectivity index (χ4n) is 1.58. The van der Waals surface area contributed by atoms with Crippen LogP contribution in [0.5, 0.6) is 0 Å². The first-order valence-electron chi connectivity index (χ1n) is 6.28. The number of nitrogens with zero attached hydrogens (tertiary/aromatic N) is 1. The van der Waals surface area contributed by atoms with E-state index in [9.17, 15) is 19.3 Å². The van der Waals surface area contributed by atoms with Crippen molar-refractivity contribution in [3.05, 3.63) is 39.7 Å². The Balaban J connectivity index is 2.71. The zero-order valence-corrected chi connectivity index (χ0v) is 12.2. The number of carbonyl (C=O) groups is 1. The summed E-state index contributed by atoms with van der Waals surface area (Å²) in [6.45, 7) is 3.87. The van der Waals surface area contributed by atoms with Gasteiger partial charge in [0.2, 0.25) is 0 Å². The maximum Gasteiger partial charge on any atom is 0.270 e. The number of hydrogen-bond acceptors (Lipinski definition) is 4. The molecule has 0 saturated heterocycles. The van der Waals surface area contributed by atoms with E-state index in [1.165, 1.54) is 0 Å². The Hall–Kier alpha value is -1.63. The van der Waals surface area contributed by atoms with Gasteiger partial charge in [-0.05, 0) is 30.9 Å². The molecule has 110 valence electrons. The van der Waals surface area contributed by atoms with Crippen LogP contribution in [0.4, 0.5) is 10.1 Å². The predicted octanol–water partition coefficient (Wildman–Crippen LogP) is 3.00. The molecule has 1 aromatic carbocycles. The van der Waals surface area contributed by atoms with E-state index in [4.69, 9.17) is 0 Å². The SMILES string of the molecule is CCSCCC(C)NC(=O)c1cc([N+](=O)[O-])ccc1F. The molecule has 0 aliphatic carbocycles. The summed E-state index contributed by atoms with van der Waals surface area (Å²) >= 11 is 1.75. The third kappa shape index (κ3) is 4.80. The van der Waals surface area contributed by atoms with E-state index in [2.05, 4.69) is 5.32 Å². The van der Waals surface area contributed by atoms with Crippen molar-refractivity contribution in [1.29, 1.82) is 0 Å². The number of thioether (sulfide) groups is 1. The van der Waals surface area contributed by atoms with Gasteiger partial charge in [0.05, 0.1) is 10.5 Å². The number of non-ortho nitro benzene ring substituents is 1. The second-order valence-electron chi connectivity index (χ2n) is 4.28. The van der Waals surface area contributed by atoms with Crippen molar-refractivity contribution < 1.29 is 14.1 Å². The second-order valence-corrected chi connectivity index (χ2v) is 5.68. The maximum absolute atomic E-state index is 13.6. The lowest BCUT2D eigenvalue weighted by Gasteiger charge is -2.13. The highest BCUT2D eigenvalue weighted by atomic mass is 32.2. The zero-order chi connectivity index (χ0) is 15.1. The van der Waals surface area contributed by atoms with Crippen LogP contribution in [0.3, 0.4) is 0 Å². The minimum absolute atomic E-state index is 0.111. The van der Waals surface area contributed by atoms with Crippen LogP contribution in [-0.2, 0) is 0 Å². The number of hydrogen-bond donors (Lipinski definition) is 1. The lowest BCUT2D eigenvalue weighted by molar-refractivity contribution is -0.384. The first-order chi connectivity index (χ1) is 9.45. The number of nitro benzene ring substituents is 1. The molecule has 5 nitrogen and oxygen atoms in total. The van der Waals surface area contributed by atoms with Gasteiger partial charge in [-0.15, -0.1) is 0 Å². The lowest BCUT2D eigenvalue weighted by Crippen LogP contribution is -2.33. The van der Waals surface area contributed by atoms with Gasteiger partial charge in [0.15, 0.2) is 0 Å². The Kier molecular flexibility index (Phi) is 6.44. The van der Waals surface area contributed by atoms with Gasteiger partial charge >= 0.3 is 0 Å². The molecule has 0 bridgehead atoms. The Bertz CT molecular complexity index is 497. The molecule has 0 aliphatic heterocycles. The molecule has 0 fully saturated rings. The molecule has 1 aromatic rings. The molecule has 0 aliphatic rings. The average Bonchev–Trinajstić information content (AvgIpc) is 2.39. The molecular formula is C13H17FN2O3S. The number of rotatable bonds is 7. The largest absolute Gasteiger partial charge is 0.349 e. The minimum atomic E-state index is -0.761. The maximum atomic E-state index is 13.6. The summed E-state index contributed by atoms with van der Waals surface area (Å²) in [6, 6.07) is 2.82. The quantitative estimate of drug-likeness (QED) is 0.477. The molecule has 1 unspecified atom stereocenters. The summed E-state index contributed by atoms with van der Waals surface area (Å²) in [7, 11) is 0. The monoisotopic (exact) mass is 300 g/mol. The first kappa shape index (κ1) is 16.4. The van der Waals surface area contributed by atoms with E-state index >= 15 is 0 Å². The summed E-state index contributed by atoms with van der Waals surface area (Å²) < 4.78 is 13.6. The van der Waals surface area contributed by atoms with Crippen LogP contribution < -0.4 is 5.32 Å². The van der Waals surface area contributed by atoms with Crippen LogP contribution in [0, 0.1) is 15.9 Å². The van der Waals surface area contributed by atoms with Gasteiger partial charge in [0, 0.05) is 18.2 Å². The van der Waals surface area contributed by atoms with Gasteiger partial charge in [-0.1, -0.05) is 6.92 Å². The smallest absolute Gasteiger partial charge is 0.270 e. The summed E-state index contributed by atoms with van der Waals surface area (Å²) in [5.74, 6) is 0.513. The molecule has 20 heavy (non-hydrogen) atoms. The molecule has 1 N–H and O–H groups in total. The third-order valence-corrected chi connectivity index (χ3v) is 3.61. The molecule has 0 spiro atoms. The van der Waals surface area contributed by atoms with Crippen LogP contribution in [0.25, 0.3) is 0 Å². The summed E-state index contributed by atoms with van der Waals surface area (Å²) in [5, 5.41) is 13.3. The van der Waals surface area contributed by atoms with Crippen LogP contribution in [-0.4, -0.2) is 28.4 Å². The van der Waals surface area contributed by atoms with E-state index in [1.807, 2.05) is 13.8 Å². The number of nitrogens with one attached hydrogen (secondary N) is 1. The van der Waals surface area contributed by atoms with Crippen molar-refractivity contribution in [1.82, 2.24) is 5.32 Å². The Morgan fingerprint density at radius 2 is 2.25 bits per heavy atom. The molecular weight excluding hydrogens is 283 g/mol. The van der Waals surface area contributed by atoms with Gasteiger partial charge < -0.3 is 5.32 Å². The highest BCUT2D eigenvalue weighted by molar-refractivity contribution is 7.99. The molecule has 1 atom stereocenters. The van der Waals surface area contributed by atoms with Gasteiger partial charge in [0.1, 0.15) is 5.82 Å². The Morgan fingerprint density at radius 1 is 1.55 bits per heavy atom. The molecule has 0 radical (unpaired) electrons. The number of benzene rings is 1. The number of nitro groups is 1. The molecule has 0 aromatic heterocycles. The van der Waals surface area contributed by atoms with Gasteiger partial charge in [-0.25, -0.2) is 4.39 Å². The molecule has 0 saturated carbocycles. The van der Waals surface area contributed by atoms with Crippen LogP contribution >= 0.6 is 11.8 Å². The normalized spacial score (nSPS) is 11.9. The van der Waals surface area contributed by atoms with Crippen molar-refractivity contribution in [3.8, 4) is 0 Å². The van der Waals surface area contributed by atoms with E-state index in [0.29, 0.717) is 0 Å². The van der Waals surface area contributed by atoms with Crippen molar-refractivity contribution in [2.24, 2.45) is 0 Å². The number of halogens is 1. The highest BCUT2D eigenvalue weighted by Crippen LogP contribution is 2.17. The lowest BCUT2D eigenvalue weighted by atomic mass is 10.1. The third-order valence-electron chi connectivity index (χ3n) is 2.68. The Morgan fingerprint density at radius 3 is 2.85 bits per heavy atom. The summed E-state index contributed by atoms with van der Waals surface area (Å²) in [6.07, 6.45) is 0.765. The van der Waals surface area contributed by atoms with Crippen LogP contribution in [0.2, 0.25) is 0 Å². The molecule has 1 amide bonds. The fourth-order valence-corrected chi connectivity index (χ4v) is 2.39. The van der Waals surface area contributed by atoms with E-state index in [-0.39, 0.29) is 17.3 Å². The van der Waals surface area contributed by atoms with Crippen molar-refractivity contribution in [3.63, 3.8) is 0 Å². The zero-order valence-electron chi connectivity index (χ0n) is 11.4. The second kappa shape index (κ2) is 7.84. The van der Waals surface area contributed by atoms with E-state index in [0.717, 1.165) is 36.1 Å².